The van der Waals surface area contributed by atoms with Crippen LogP contribution in [0.3, 0.4) is 0 Å². The average Bonchev–Trinajstić information content (AvgIpc) is 3.16. The Morgan fingerprint density at radius 2 is 1.81 bits per heavy atom. The summed E-state index contributed by atoms with van der Waals surface area (Å²) in [6, 6.07) is 11.5. The number of benzene rings is 1. The molecule has 1 aromatic carbocycles. The quantitative estimate of drug-likeness (QED) is 0.717. The summed E-state index contributed by atoms with van der Waals surface area (Å²) in [4.78, 5) is 25.2. The van der Waals surface area contributed by atoms with Crippen molar-refractivity contribution in [1.29, 1.82) is 0 Å². The van der Waals surface area contributed by atoms with Gasteiger partial charge in [-0.3, -0.25) is 4.79 Å². The number of hydrogen-bond donors (Lipinski definition) is 3. The smallest absolute Gasteiger partial charge is 0.319 e. The highest BCUT2D eigenvalue weighted by Gasteiger charge is 2.15. The van der Waals surface area contributed by atoms with E-state index in [1.54, 1.807) is 11.3 Å². The molecule has 1 saturated carbocycles. The van der Waals surface area contributed by atoms with E-state index in [9.17, 15) is 9.59 Å². The number of urea groups is 1. The van der Waals surface area contributed by atoms with E-state index in [1.165, 1.54) is 19.3 Å². The second-order valence-corrected chi connectivity index (χ2v) is 7.70. The third-order valence-corrected chi connectivity index (χ3v) is 5.43. The first-order chi connectivity index (χ1) is 12.7. The van der Waals surface area contributed by atoms with Crippen molar-refractivity contribution in [3.05, 3.63) is 52.2 Å². The molecular formula is C20H25N3O2S. The Kier molecular flexibility index (Phi) is 6.66. The Balaban J connectivity index is 1.42. The van der Waals surface area contributed by atoms with Crippen LogP contribution in [0.15, 0.2) is 41.8 Å². The number of thiophene rings is 1. The monoisotopic (exact) mass is 371 g/mol. The minimum absolute atomic E-state index is 0.00542. The van der Waals surface area contributed by atoms with Crippen LogP contribution in [0.2, 0.25) is 0 Å². The van der Waals surface area contributed by atoms with E-state index in [2.05, 4.69) is 16.0 Å². The maximum Gasteiger partial charge on any atom is 0.319 e. The predicted octanol–water partition coefficient (Wildman–Crippen LogP) is 4.06. The highest BCUT2D eigenvalue weighted by Crippen LogP contribution is 2.17. The fourth-order valence-electron chi connectivity index (χ4n) is 3.15. The van der Waals surface area contributed by atoms with Gasteiger partial charge in [-0.2, -0.15) is 0 Å². The predicted molar refractivity (Wildman–Crippen MR) is 105 cm³/mol. The van der Waals surface area contributed by atoms with Crippen molar-refractivity contribution < 1.29 is 9.59 Å². The molecule has 1 aliphatic rings. The summed E-state index contributed by atoms with van der Waals surface area (Å²) >= 11 is 1.63. The van der Waals surface area contributed by atoms with Gasteiger partial charge in [0.05, 0.1) is 13.0 Å². The van der Waals surface area contributed by atoms with E-state index in [4.69, 9.17) is 0 Å². The van der Waals surface area contributed by atoms with Crippen LogP contribution in [0.5, 0.6) is 0 Å². The minimum atomic E-state index is -0.154. The Labute approximate surface area is 158 Å². The van der Waals surface area contributed by atoms with Crippen LogP contribution < -0.4 is 16.0 Å². The fraction of sp³-hybridized carbons (Fsp3) is 0.400. The molecule has 3 N–H and O–H groups in total. The molecule has 0 bridgehead atoms. The maximum atomic E-state index is 12.1. The molecule has 0 atom stereocenters. The summed E-state index contributed by atoms with van der Waals surface area (Å²) in [5, 5.41) is 10.8. The van der Waals surface area contributed by atoms with Crippen LogP contribution in [0.1, 0.15) is 42.5 Å². The lowest BCUT2D eigenvalue weighted by atomic mass is 9.96. The highest BCUT2D eigenvalue weighted by atomic mass is 32.1. The zero-order valence-electron chi connectivity index (χ0n) is 14.8. The van der Waals surface area contributed by atoms with E-state index in [0.717, 1.165) is 29.0 Å². The molecule has 1 aromatic heterocycles. The van der Waals surface area contributed by atoms with Gasteiger partial charge >= 0.3 is 6.03 Å². The number of nitrogens with one attached hydrogen (secondary N) is 3. The Morgan fingerprint density at radius 3 is 2.50 bits per heavy atom. The molecule has 0 aliphatic heterocycles. The summed E-state index contributed by atoms with van der Waals surface area (Å²) < 4.78 is 0. The Hall–Kier alpha value is -2.34. The molecule has 138 valence electrons. The topological polar surface area (TPSA) is 70.2 Å². The second kappa shape index (κ2) is 9.38. The molecule has 1 fully saturated rings. The highest BCUT2D eigenvalue weighted by molar-refractivity contribution is 7.09. The van der Waals surface area contributed by atoms with Gasteiger partial charge in [0.25, 0.3) is 0 Å². The molecular weight excluding hydrogens is 346 g/mol. The van der Waals surface area contributed by atoms with Gasteiger partial charge in [-0.05, 0) is 42.0 Å². The van der Waals surface area contributed by atoms with Gasteiger partial charge in [-0.25, -0.2) is 4.79 Å². The van der Waals surface area contributed by atoms with Crippen LogP contribution in [0.25, 0.3) is 0 Å². The Bertz CT molecular complexity index is 707. The van der Waals surface area contributed by atoms with Crippen molar-refractivity contribution >= 4 is 29.0 Å². The van der Waals surface area contributed by atoms with E-state index in [1.807, 2.05) is 41.8 Å². The maximum absolute atomic E-state index is 12.1. The summed E-state index contributed by atoms with van der Waals surface area (Å²) in [5.41, 5.74) is 1.66. The van der Waals surface area contributed by atoms with Crippen LogP contribution in [-0.2, 0) is 17.8 Å². The molecule has 3 rings (SSSR count). The van der Waals surface area contributed by atoms with Gasteiger partial charge in [0.1, 0.15) is 0 Å². The summed E-state index contributed by atoms with van der Waals surface area (Å²) in [6.45, 7) is 0.567. The lowest BCUT2D eigenvalue weighted by molar-refractivity contribution is -0.120. The number of anilines is 1. The molecule has 1 heterocycles. The van der Waals surface area contributed by atoms with Gasteiger partial charge in [0.2, 0.25) is 5.91 Å². The van der Waals surface area contributed by atoms with Crippen molar-refractivity contribution in [3.63, 3.8) is 0 Å². The van der Waals surface area contributed by atoms with Gasteiger partial charge in [-0.15, -0.1) is 11.3 Å². The fourth-order valence-corrected chi connectivity index (χ4v) is 3.80. The van der Waals surface area contributed by atoms with Gasteiger partial charge < -0.3 is 16.0 Å². The molecule has 1 aliphatic carbocycles. The minimum Gasteiger partial charge on any atom is -0.351 e. The zero-order chi connectivity index (χ0) is 18.2. The number of hydrogen-bond acceptors (Lipinski definition) is 3. The van der Waals surface area contributed by atoms with E-state index in [0.29, 0.717) is 13.0 Å². The second-order valence-electron chi connectivity index (χ2n) is 6.66. The van der Waals surface area contributed by atoms with Crippen molar-refractivity contribution in [1.82, 2.24) is 10.6 Å². The third-order valence-electron chi connectivity index (χ3n) is 4.56. The lowest BCUT2D eigenvalue weighted by Crippen LogP contribution is -2.39. The molecule has 6 heteroatoms. The third kappa shape index (κ3) is 5.88. The van der Waals surface area contributed by atoms with Crippen LogP contribution in [-0.4, -0.2) is 18.0 Å². The number of rotatable bonds is 6. The standard InChI is InChI=1S/C20H25N3O2S/c24-19(21-14-18-7-4-12-26-18)13-15-8-10-17(11-9-15)23-20(25)22-16-5-2-1-3-6-16/h4,7-12,16H,1-3,5-6,13-14H2,(H,21,24)(H2,22,23,25). The van der Waals surface area contributed by atoms with Crippen LogP contribution in [0.4, 0.5) is 10.5 Å². The molecule has 0 radical (unpaired) electrons. The molecule has 2 aromatic rings. The number of amides is 3. The first-order valence-corrected chi connectivity index (χ1v) is 10.0. The Morgan fingerprint density at radius 1 is 1.04 bits per heavy atom. The van der Waals surface area contributed by atoms with Crippen molar-refractivity contribution in [2.24, 2.45) is 0 Å². The zero-order valence-corrected chi connectivity index (χ0v) is 15.6. The average molecular weight is 372 g/mol. The first kappa shape index (κ1) is 18.5. The molecule has 3 amide bonds. The van der Waals surface area contributed by atoms with Gasteiger partial charge in [0.15, 0.2) is 0 Å². The van der Waals surface area contributed by atoms with Gasteiger partial charge in [-0.1, -0.05) is 37.5 Å². The van der Waals surface area contributed by atoms with E-state index in [-0.39, 0.29) is 18.0 Å². The van der Waals surface area contributed by atoms with Gasteiger partial charge in [0, 0.05) is 16.6 Å². The van der Waals surface area contributed by atoms with Crippen LogP contribution in [0, 0.1) is 0 Å². The molecule has 0 unspecified atom stereocenters. The largest absolute Gasteiger partial charge is 0.351 e. The molecule has 0 spiro atoms. The number of carbonyl (C=O) groups excluding carboxylic acids is 2. The molecule has 5 nitrogen and oxygen atoms in total. The van der Waals surface area contributed by atoms with Crippen LogP contribution >= 0.6 is 11.3 Å². The first-order valence-electron chi connectivity index (χ1n) is 9.14. The van der Waals surface area contributed by atoms with Crippen molar-refractivity contribution in [2.75, 3.05) is 5.32 Å². The SMILES string of the molecule is O=C(Cc1ccc(NC(=O)NC2CCCCC2)cc1)NCc1cccs1. The normalized spacial score (nSPS) is 14.6. The summed E-state index contributed by atoms with van der Waals surface area (Å²) in [7, 11) is 0. The van der Waals surface area contributed by atoms with E-state index >= 15 is 0 Å². The van der Waals surface area contributed by atoms with Crippen molar-refractivity contribution in [3.8, 4) is 0 Å². The summed E-state index contributed by atoms with van der Waals surface area (Å²) in [6.07, 6.45) is 6.10. The molecule has 0 saturated heterocycles. The van der Waals surface area contributed by atoms with E-state index < -0.39 is 0 Å². The summed E-state index contributed by atoms with van der Waals surface area (Å²) in [5.74, 6) is -0.00542. The lowest BCUT2D eigenvalue weighted by Gasteiger charge is -2.22. The molecule has 26 heavy (non-hydrogen) atoms. The van der Waals surface area contributed by atoms with Crippen molar-refractivity contribution in [2.45, 2.75) is 51.1 Å². The number of carbonyl (C=O) groups is 2.